The monoisotopic (exact) mass is 274 g/mol. The molecular weight excluding hydrogens is 252 g/mol. The Kier molecular flexibility index (Phi) is 5.95. The average molecular weight is 274 g/mol. The zero-order valence-electron chi connectivity index (χ0n) is 11.2. The summed E-state index contributed by atoms with van der Waals surface area (Å²) in [4.78, 5) is 24.6. The van der Waals surface area contributed by atoms with E-state index in [1.54, 1.807) is 0 Å². The molecule has 1 amide bonds. The average Bonchev–Trinajstić information content (AvgIpc) is 2.66. The van der Waals surface area contributed by atoms with Gasteiger partial charge in [0.05, 0.1) is 5.37 Å². The number of nitrogens with one attached hydrogen (secondary N) is 1. The Morgan fingerprint density at radius 1 is 1.50 bits per heavy atom. The minimum atomic E-state index is -0.902. The molecule has 6 heteroatoms. The van der Waals surface area contributed by atoms with E-state index >= 15 is 0 Å². The summed E-state index contributed by atoms with van der Waals surface area (Å²) in [6.07, 6.45) is 1.16. The smallest absolute Gasteiger partial charge is 0.327 e. The maximum Gasteiger partial charge on any atom is 0.327 e. The predicted octanol–water partition coefficient (Wildman–Crippen LogP) is 1.14. The molecule has 1 aliphatic heterocycles. The van der Waals surface area contributed by atoms with E-state index in [1.165, 1.54) is 16.7 Å². The molecule has 0 aromatic rings. The molecule has 104 valence electrons. The van der Waals surface area contributed by atoms with Crippen molar-refractivity contribution in [2.24, 2.45) is 0 Å². The zero-order valence-corrected chi connectivity index (χ0v) is 12.0. The second-order valence-corrected chi connectivity index (χ2v) is 6.15. The minimum Gasteiger partial charge on any atom is -0.480 e. The van der Waals surface area contributed by atoms with Crippen molar-refractivity contribution in [3.63, 3.8) is 0 Å². The first-order valence-corrected chi connectivity index (χ1v) is 7.37. The Labute approximate surface area is 112 Å². The number of carbonyl (C=O) groups excluding carboxylic acids is 1. The van der Waals surface area contributed by atoms with Crippen molar-refractivity contribution in [3.8, 4) is 0 Å². The Balaban J connectivity index is 2.41. The van der Waals surface area contributed by atoms with Crippen molar-refractivity contribution in [2.45, 2.75) is 51.1 Å². The van der Waals surface area contributed by atoms with Crippen LogP contribution in [-0.4, -0.2) is 51.6 Å². The molecule has 2 unspecified atom stereocenters. The summed E-state index contributed by atoms with van der Waals surface area (Å²) in [5.41, 5.74) is 0. The van der Waals surface area contributed by atoms with Gasteiger partial charge < -0.3 is 15.3 Å². The molecule has 1 fully saturated rings. The number of carboxylic acids is 1. The lowest BCUT2D eigenvalue weighted by Gasteiger charge is -2.25. The van der Waals surface area contributed by atoms with Gasteiger partial charge in [0.25, 0.3) is 0 Å². The number of carbonyl (C=O) groups is 2. The van der Waals surface area contributed by atoms with E-state index < -0.39 is 12.0 Å². The molecule has 18 heavy (non-hydrogen) atoms. The van der Waals surface area contributed by atoms with E-state index in [0.29, 0.717) is 18.2 Å². The van der Waals surface area contributed by atoms with Crippen molar-refractivity contribution in [1.82, 2.24) is 10.2 Å². The van der Waals surface area contributed by atoms with Gasteiger partial charge in [-0.05, 0) is 19.9 Å². The molecule has 0 radical (unpaired) electrons. The van der Waals surface area contributed by atoms with Crippen LogP contribution in [0.25, 0.3) is 0 Å². The lowest BCUT2D eigenvalue weighted by atomic mass is 10.2. The number of aliphatic carboxylic acids is 1. The third-order valence-corrected chi connectivity index (χ3v) is 4.13. The number of amides is 1. The molecule has 1 saturated heterocycles. The Hall–Kier alpha value is -0.750. The van der Waals surface area contributed by atoms with Crippen LogP contribution >= 0.6 is 11.8 Å². The highest BCUT2D eigenvalue weighted by Gasteiger charge is 2.38. The third kappa shape index (κ3) is 4.17. The van der Waals surface area contributed by atoms with Crippen LogP contribution in [0.3, 0.4) is 0 Å². The van der Waals surface area contributed by atoms with Gasteiger partial charge >= 0.3 is 5.97 Å². The number of nitrogens with zero attached hydrogens (tertiary/aromatic N) is 1. The van der Waals surface area contributed by atoms with E-state index in [0.717, 1.165) is 13.0 Å². The molecule has 1 heterocycles. The quantitative estimate of drug-likeness (QED) is 0.711. The summed E-state index contributed by atoms with van der Waals surface area (Å²) in [6, 6.07) is -0.247. The topological polar surface area (TPSA) is 69.6 Å². The molecule has 1 aliphatic rings. The molecule has 2 atom stereocenters. The first kappa shape index (κ1) is 15.3. The van der Waals surface area contributed by atoms with Crippen LogP contribution in [0.15, 0.2) is 0 Å². The van der Waals surface area contributed by atoms with E-state index in [4.69, 9.17) is 5.11 Å². The van der Waals surface area contributed by atoms with Gasteiger partial charge in [-0.2, -0.15) is 0 Å². The number of hydrogen-bond acceptors (Lipinski definition) is 4. The van der Waals surface area contributed by atoms with Crippen molar-refractivity contribution < 1.29 is 14.7 Å². The molecule has 0 aliphatic carbocycles. The highest BCUT2D eigenvalue weighted by Crippen LogP contribution is 2.29. The number of rotatable bonds is 6. The Morgan fingerprint density at radius 2 is 2.17 bits per heavy atom. The number of hydrogen-bond donors (Lipinski definition) is 2. The van der Waals surface area contributed by atoms with Gasteiger partial charge in [0.1, 0.15) is 6.04 Å². The van der Waals surface area contributed by atoms with Gasteiger partial charge in [-0.15, -0.1) is 11.8 Å². The summed E-state index contributed by atoms with van der Waals surface area (Å²) in [7, 11) is 0. The zero-order chi connectivity index (χ0) is 13.7. The molecule has 0 bridgehead atoms. The fourth-order valence-electron chi connectivity index (χ4n) is 1.97. The molecule has 0 saturated carbocycles. The van der Waals surface area contributed by atoms with Crippen LogP contribution in [-0.2, 0) is 9.59 Å². The summed E-state index contributed by atoms with van der Waals surface area (Å²) >= 11 is 1.52. The summed E-state index contributed by atoms with van der Waals surface area (Å²) < 4.78 is 0. The van der Waals surface area contributed by atoms with E-state index in [2.05, 4.69) is 19.2 Å². The SMILES string of the molecule is CC(C)NCCCC(=O)N1C(C)SCC1C(=O)O. The molecular formula is C12H22N2O3S. The lowest BCUT2D eigenvalue weighted by molar-refractivity contribution is -0.148. The van der Waals surface area contributed by atoms with Gasteiger partial charge in [0.2, 0.25) is 5.91 Å². The fraction of sp³-hybridized carbons (Fsp3) is 0.833. The largest absolute Gasteiger partial charge is 0.480 e. The number of thioether (sulfide) groups is 1. The summed E-state index contributed by atoms with van der Waals surface area (Å²) in [5, 5.41) is 12.3. The van der Waals surface area contributed by atoms with Gasteiger partial charge in [0, 0.05) is 18.2 Å². The van der Waals surface area contributed by atoms with Gasteiger partial charge in [-0.1, -0.05) is 13.8 Å². The van der Waals surface area contributed by atoms with E-state index in [-0.39, 0.29) is 11.3 Å². The maximum absolute atomic E-state index is 12.0. The second kappa shape index (κ2) is 6.99. The molecule has 0 aromatic carbocycles. The van der Waals surface area contributed by atoms with Crippen LogP contribution < -0.4 is 5.32 Å². The highest BCUT2D eigenvalue weighted by atomic mass is 32.2. The van der Waals surface area contributed by atoms with Crippen molar-refractivity contribution >= 4 is 23.6 Å². The predicted molar refractivity (Wildman–Crippen MR) is 72.6 cm³/mol. The lowest BCUT2D eigenvalue weighted by Crippen LogP contribution is -2.44. The molecule has 1 rings (SSSR count). The first-order chi connectivity index (χ1) is 8.43. The van der Waals surface area contributed by atoms with E-state index in [9.17, 15) is 9.59 Å². The molecule has 0 aromatic heterocycles. The van der Waals surface area contributed by atoms with Crippen LogP contribution in [0.1, 0.15) is 33.6 Å². The molecule has 0 spiro atoms. The van der Waals surface area contributed by atoms with Crippen molar-refractivity contribution in [3.05, 3.63) is 0 Å². The van der Waals surface area contributed by atoms with Crippen molar-refractivity contribution in [2.75, 3.05) is 12.3 Å². The maximum atomic E-state index is 12.0. The summed E-state index contributed by atoms with van der Waals surface area (Å²) in [6.45, 7) is 6.79. The van der Waals surface area contributed by atoms with Crippen LogP contribution in [0, 0.1) is 0 Å². The van der Waals surface area contributed by atoms with Crippen LogP contribution in [0.4, 0.5) is 0 Å². The van der Waals surface area contributed by atoms with Crippen LogP contribution in [0.5, 0.6) is 0 Å². The summed E-state index contributed by atoms with van der Waals surface area (Å²) in [5.74, 6) is -0.460. The standard InChI is InChI=1S/C12H22N2O3S/c1-8(2)13-6-4-5-11(15)14-9(3)18-7-10(14)12(16)17/h8-10,13H,4-7H2,1-3H3,(H,16,17). The minimum absolute atomic E-state index is 0.0309. The Bertz CT molecular complexity index is 310. The third-order valence-electron chi connectivity index (χ3n) is 2.92. The van der Waals surface area contributed by atoms with Gasteiger partial charge in [-0.3, -0.25) is 4.79 Å². The molecule has 5 nitrogen and oxygen atoms in total. The first-order valence-electron chi connectivity index (χ1n) is 6.32. The van der Waals surface area contributed by atoms with Crippen molar-refractivity contribution in [1.29, 1.82) is 0 Å². The van der Waals surface area contributed by atoms with E-state index in [1.807, 2.05) is 6.92 Å². The fourth-order valence-corrected chi connectivity index (χ4v) is 3.16. The highest BCUT2D eigenvalue weighted by molar-refractivity contribution is 8.00. The second-order valence-electron chi connectivity index (χ2n) is 4.80. The van der Waals surface area contributed by atoms with Gasteiger partial charge in [-0.25, -0.2) is 4.79 Å². The normalized spacial score (nSPS) is 23.7. The van der Waals surface area contributed by atoms with Gasteiger partial charge in [0.15, 0.2) is 0 Å². The Morgan fingerprint density at radius 3 is 2.72 bits per heavy atom. The number of carboxylic acid groups (broad SMARTS) is 1. The molecule has 2 N–H and O–H groups in total. The van der Waals surface area contributed by atoms with Crippen LogP contribution in [0.2, 0.25) is 0 Å².